The molecule has 0 aliphatic carbocycles. The van der Waals surface area contributed by atoms with Crippen LogP contribution in [0.25, 0.3) is 6.08 Å². The van der Waals surface area contributed by atoms with Gasteiger partial charge in [-0.2, -0.15) is 5.26 Å². The van der Waals surface area contributed by atoms with Crippen LogP contribution >= 0.6 is 15.9 Å². The van der Waals surface area contributed by atoms with Gasteiger partial charge < -0.3 is 10.1 Å². The number of carbonyl (C=O) groups excluding carboxylic acids is 1. The molecule has 25 heavy (non-hydrogen) atoms. The van der Waals surface area contributed by atoms with Crippen molar-refractivity contribution in [3.8, 4) is 11.8 Å². The van der Waals surface area contributed by atoms with Crippen molar-refractivity contribution < 1.29 is 9.53 Å². The lowest BCUT2D eigenvalue weighted by molar-refractivity contribution is -0.117. The van der Waals surface area contributed by atoms with Gasteiger partial charge in [-0.3, -0.25) is 4.79 Å². The molecule has 2 aromatic carbocycles. The van der Waals surface area contributed by atoms with E-state index in [1.165, 1.54) is 0 Å². The van der Waals surface area contributed by atoms with Gasteiger partial charge >= 0.3 is 0 Å². The first-order valence-corrected chi connectivity index (χ1v) is 8.74. The normalized spacial score (nSPS) is 12.2. The molecule has 5 heteroatoms. The van der Waals surface area contributed by atoms with E-state index in [2.05, 4.69) is 21.2 Å². The largest absolute Gasteiger partial charge is 0.493 e. The SMILES string of the molecule is CCOc1ccc(Br)cc1/C=C(/C#N)C(=O)N[C@@H](C)c1ccccc1. The lowest BCUT2D eigenvalue weighted by Gasteiger charge is -2.14. The number of rotatable bonds is 6. The Labute approximate surface area is 156 Å². The van der Waals surface area contributed by atoms with Crippen molar-refractivity contribution in [3.05, 3.63) is 69.7 Å². The summed E-state index contributed by atoms with van der Waals surface area (Å²) in [6.07, 6.45) is 1.54. The topological polar surface area (TPSA) is 62.1 Å². The van der Waals surface area contributed by atoms with Gasteiger partial charge in [-0.1, -0.05) is 46.3 Å². The second-order valence-electron chi connectivity index (χ2n) is 5.39. The molecule has 2 rings (SSSR count). The Morgan fingerprint density at radius 1 is 1.32 bits per heavy atom. The molecule has 0 radical (unpaired) electrons. The van der Waals surface area contributed by atoms with E-state index < -0.39 is 5.91 Å². The molecule has 1 atom stereocenters. The van der Waals surface area contributed by atoms with Gasteiger partial charge in [0.1, 0.15) is 17.4 Å². The number of nitrogens with one attached hydrogen (secondary N) is 1. The van der Waals surface area contributed by atoms with Crippen LogP contribution in [0.5, 0.6) is 5.75 Å². The number of hydrogen-bond donors (Lipinski definition) is 1. The lowest BCUT2D eigenvalue weighted by Crippen LogP contribution is -2.27. The molecule has 0 saturated heterocycles. The second-order valence-corrected chi connectivity index (χ2v) is 6.31. The third-order valence-corrected chi connectivity index (χ3v) is 4.08. The predicted octanol–water partition coefficient (Wildman–Crippen LogP) is 4.63. The molecule has 0 unspecified atom stereocenters. The van der Waals surface area contributed by atoms with E-state index in [-0.39, 0.29) is 11.6 Å². The van der Waals surface area contributed by atoms with E-state index >= 15 is 0 Å². The van der Waals surface area contributed by atoms with E-state index in [1.54, 1.807) is 12.1 Å². The highest BCUT2D eigenvalue weighted by molar-refractivity contribution is 9.10. The number of halogens is 1. The van der Waals surface area contributed by atoms with Crippen LogP contribution in [-0.2, 0) is 4.79 Å². The molecular formula is C20H19BrN2O2. The first kappa shape index (κ1) is 18.8. The van der Waals surface area contributed by atoms with Gasteiger partial charge in [0.25, 0.3) is 5.91 Å². The summed E-state index contributed by atoms with van der Waals surface area (Å²) in [5.74, 6) is 0.212. The monoisotopic (exact) mass is 398 g/mol. The molecule has 0 aromatic heterocycles. The van der Waals surface area contributed by atoms with Crippen LogP contribution in [0.1, 0.15) is 31.0 Å². The van der Waals surface area contributed by atoms with Crippen molar-refractivity contribution in [2.45, 2.75) is 19.9 Å². The third-order valence-electron chi connectivity index (χ3n) is 3.58. The fourth-order valence-electron chi connectivity index (χ4n) is 2.32. The van der Waals surface area contributed by atoms with Crippen LogP contribution in [0, 0.1) is 11.3 Å². The summed E-state index contributed by atoms with van der Waals surface area (Å²) in [7, 11) is 0. The number of nitriles is 1. The Kier molecular flexibility index (Phi) is 6.79. The van der Waals surface area contributed by atoms with Gasteiger partial charge in [-0.15, -0.1) is 0 Å². The molecule has 0 aliphatic heterocycles. The first-order valence-electron chi connectivity index (χ1n) is 7.95. The standard InChI is InChI=1S/C20H19BrN2O2/c1-3-25-19-10-9-18(21)12-16(19)11-17(13-22)20(24)23-14(2)15-7-5-4-6-8-15/h4-12,14H,3H2,1-2H3,(H,23,24)/b17-11-/t14-/m0/s1. The minimum absolute atomic E-state index is 0.0295. The van der Waals surface area contributed by atoms with Crippen molar-refractivity contribution in [3.63, 3.8) is 0 Å². The zero-order chi connectivity index (χ0) is 18.2. The molecule has 0 heterocycles. The van der Waals surface area contributed by atoms with E-state index in [1.807, 2.05) is 62.4 Å². The number of amides is 1. The molecule has 2 aromatic rings. The Bertz CT molecular complexity index is 810. The highest BCUT2D eigenvalue weighted by Gasteiger charge is 2.15. The van der Waals surface area contributed by atoms with Crippen molar-refractivity contribution in [1.82, 2.24) is 5.32 Å². The van der Waals surface area contributed by atoms with E-state index in [4.69, 9.17) is 4.74 Å². The van der Waals surface area contributed by atoms with Crippen molar-refractivity contribution >= 4 is 27.9 Å². The van der Waals surface area contributed by atoms with Crippen LogP contribution in [0.2, 0.25) is 0 Å². The average Bonchev–Trinajstić information content (AvgIpc) is 2.62. The fourth-order valence-corrected chi connectivity index (χ4v) is 2.70. The molecule has 0 saturated carbocycles. The molecule has 0 aliphatic rings. The summed E-state index contributed by atoms with van der Waals surface area (Å²) in [4.78, 5) is 12.5. The number of hydrogen-bond acceptors (Lipinski definition) is 3. The average molecular weight is 399 g/mol. The molecule has 4 nitrogen and oxygen atoms in total. The van der Waals surface area contributed by atoms with Crippen LogP contribution < -0.4 is 10.1 Å². The Morgan fingerprint density at radius 2 is 2.04 bits per heavy atom. The minimum Gasteiger partial charge on any atom is -0.493 e. The number of ether oxygens (including phenoxy) is 1. The molecule has 0 bridgehead atoms. The highest BCUT2D eigenvalue weighted by atomic mass is 79.9. The molecule has 0 spiro atoms. The summed E-state index contributed by atoms with van der Waals surface area (Å²) in [5, 5.41) is 12.3. The Hall–Kier alpha value is -2.58. The van der Waals surface area contributed by atoms with Gasteiger partial charge in [-0.05, 0) is 43.7 Å². The van der Waals surface area contributed by atoms with Crippen molar-refractivity contribution in [1.29, 1.82) is 5.26 Å². The highest BCUT2D eigenvalue weighted by Crippen LogP contribution is 2.26. The van der Waals surface area contributed by atoms with Crippen LogP contribution in [0.3, 0.4) is 0 Å². The summed E-state index contributed by atoms with van der Waals surface area (Å²) in [5.41, 5.74) is 1.68. The maximum atomic E-state index is 12.5. The number of benzene rings is 2. The van der Waals surface area contributed by atoms with Gasteiger partial charge in [0.15, 0.2) is 0 Å². The Morgan fingerprint density at radius 3 is 2.68 bits per heavy atom. The second kappa shape index (κ2) is 9.05. The van der Waals surface area contributed by atoms with Gasteiger partial charge in [-0.25, -0.2) is 0 Å². The van der Waals surface area contributed by atoms with Gasteiger partial charge in [0.2, 0.25) is 0 Å². The quantitative estimate of drug-likeness (QED) is 0.569. The zero-order valence-corrected chi connectivity index (χ0v) is 15.7. The van der Waals surface area contributed by atoms with E-state index in [0.29, 0.717) is 17.9 Å². The molecule has 0 fully saturated rings. The third kappa shape index (κ3) is 5.20. The van der Waals surface area contributed by atoms with Crippen LogP contribution in [0.4, 0.5) is 0 Å². The van der Waals surface area contributed by atoms with Crippen molar-refractivity contribution in [2.75, 3.05) is 6.61 Å². The van der Waals surface area contributed by atoms with E-state index in [9.17, 15) is 10.1 Å². The Balaban J connectivity index is 2.24. The molecular weight excluding hydrogens is 380 g/mol. The molecule has 1 N–H and O–H groups in total. The van der Waals surface area contributed by atoms with Crippen LogP contribution in [-0.4, -0.2) is 12.5 Å². The molecule has 1 amide bonds. The summed E-state index contributed by atoms with van der Waals surface area (Å²) >= 11 is 3.40. The van der Waals surface area contributed by atoms with Crippen LogP contribution in [0.15, 0.2) is 58.6 Å². The smallest absolute Gasteiger partial charge is 0.262 e. The fraction of sp³-hybridized carbons (Fsp3) is 0.200. The maximum Gasteiger partial charge on any atom is 0.262 e. The van der Waals surface area contributed by atoms with Gasteiger partial charge in [0.05, 0.1) is 12.6 Å². The zero-order valence-electron chi connectivity index (χ0n) is 14.1. The predicted molar refractivity (Wildman–Crippen MR) is 102 cm³/mol. The molecule has 128 valence electrons. The minimum atomic E-state index is -0.415. The summed E-state index contributed by atoms with van der Waals surface area (Å²) < 4.78 is 6.41. The lowest BCUT2D eigenvalue weighted by atomic mass is 10.1. The van der Waals surface area contributed by atoms with Gasteiger partial charge in [0, 0.05) is 10.0 Å². The maximum absolute atomic E-state index is 12.5. The summed E-state index contributed by atoms with van der Waals surface area (Å²) in [6.45, 7) is 4.27. The van der Waals surface area contributed by atoms with Crippen molar-refractivity contribution in [2.24, 2.45) is 0 Å². The first-order chi connectivity index (χ1) is 12.0. The summed E-state index contributed by atoms with van der Waals surface area (Å²) in [6, 6.07) is 16.9. The number of nitrogens with zero attached hydrogens (tertiary/aromatic N) is 1. The number of carbonyl (C=O) groups is 1. The van der Waals surface area contributed by atoms with E-state index in [0.717, 1.165) is 10.0 Å².